The number of rotatable bonds is 2. The van der Waals surface area contributed by atoms with Crippen LogP contribution in [0.4, 0.5) is 0 Å². The first kappa shape index (κ1) is 13.3. The average Bonchev–Trinajstić information content (AvgIpc) is 2.33. The molecule has 0 aliphatic carbocycles. The van der Waals surface area contributed by atoms with Crippen molar-refractivity contribution >= 4 is 15.0 Å². The van der Waals surface area contributed by atoms with Gasteiger partial charge >= 0.3 is 92.9 Å². The predicted molar refractivity (Wildman–Crippen MR) is 51.5 cm³/mol. The molecule has 1 saturated heterocycles. The molecule has 1 rings (SSSR count). The summed E-state index contributed by atoms with van der Waals surface area (Å²) < 4.78 is 0. The molecule has 0 saturated carbocycles. The van der Waals surface area contributed by atoms with Gasteiger partial charge in [0.15, 0.2) is 0 Å². The standard InChI is InChI=1S/C8H16O6Se/c9-1-3-5(11)7(13)8(14)6(12)4(2-10)15-3/h3-14H,1-2H2. The van der Waals surface area contributed by atoms with Gasteiger partial charge in [0.1, 0.15) is 0 Å². The second-order valence-electron chi connectivity index (χ2n) is 3.54. The van der Waals surface area contributed by atoms with Crippen molar-refractivity contribution in [3.63, 3.8) is 0 Å². The number of hydrogen-bond donors (Lipinski definition) is 6. The maximum atomic E-state index is 9.57. The molecule has 0 aromatic rings. The van der Waals surface area contributed by atoms with Gasteiger partial charge in [-0.05, 0) is 0 Å². The predicted octanol–water partition coefficient (Wildman–Crippen LogP) is -3.29. The summed E-state index contributed by atoms with van der Waals surface area (Å²) in [4.78, 5) is -1.17. The number of aliphatic hydroxyl groups excluding tert-OH is 6. The minimum atomic E-state index is -1.49. The van der Waals surface area contributed by atoms with E-state index in [1.54, 1.807) is 0 Å². The van der Waals surface area contributed by atoms with E-state index in [2.05, 4.69) is 0 Å². The van der Waals surface area contributed by atoms with Crippen LogP contribution >= 0.6 is 0 Å². The third-order valence-corrected chi connectivity index (χ3v) is 5.78. The zero-order valence-electron chi connectivity index (χ0n) is 7.97. The third-order valence-electron chi connectivity index (χ3n) is 2.52. The molecule has 0 aromatic carbocycles. The second kappa shape index (κ2) is 5.56. The molecule has 0 radical (unpaired) electrons. The summed E-state index contributed by atoms with van der Waals surface area (Å²) in [5.74, 6) is 0. The Bertz CT molecular complexity index is 174. The van der Waals surface area contributed by atoms with Gasteiger partial charge in [-0.3, -0.25) is 0 Å². The fraction of sp³-hybridized carbons (Fsp3) is 1.00. The van der Waals surface area contributed by atoms with E-state index in [0.29, 0.717) is 0 Å². The Morgan fingerprint density at radius 1 is 0.667 bits per heavy atom. The Labute approximate surface area is 93.3 Å². The average molecular weight is 287 g/mol. The topological polar surface area (TPSA) is 121 Å². The van der Waals surface area contributed by atoms with Gasteiger partial charge in [-0.1, -0.05) is 0 Å². The van der Waals surface area contributed by atoms with E-state index in [1.807, 2.05) is 0 Å². The summed E-state index contributed by atoms with van der Waals surface area (Å²) in [5.41, 5.74) is 0. The molecule has 7 heteroatoms. The van der Waals surface area contributed by atoms with Crippen molar-refractivity contribution in [1.82, 2.24) is 0 Å². The minimum absolute atomic E-state index is 0.339. The fourth-order valence-electron chi connectivity index (χ4n) is 1.53. The van der Waals surface area contributed by atoms with Gasteiger partial charge in [0.05, 0.1) is 0 Å². The molecule has 90 valence electrons. The summed E-state index contributed by atoms with van der Waals surface area (Å²) in [5, 5.41) is 56.1. The van der Waals surface area contributed by atoms with Crippen molar-refractivity contribution < 1.29 is 30.6 Å². The van der Waals surface area contributed by atoms with E-state index in [-0.39, 0.29) is 13.2 Å². The van der Waals surface area contributed by atoms with Crippen LogP contribution in [-0.4, -0.2) is 83.2 Å². The van der Waals surface area contributed by atoms with Crippen LogP contribution in [0.5, 0.6) is 0 Å². The van der Waals surface area contributed by atoms with Crippen molar-refractivity contribution in [2.75, 3.05) is 13.2 Å². The first-order chi connectivity index (χ1) is 7.02. The van der Waals surface area contributed by atoms with Gasteiger partial charge in [-0.25, -0.2) is 0 Å². The molecular formula is C8H16O6Se. The van der Waals surface area contributed by atoms with E-state index < -0.39 is 49.0 Å². The monoisotopic (exact) mass is 288 g/mol. The van der Waals surface area contributed by atoms with Gasteiger partial charge in [0.25, 0.3) is 0 Å². The molecule has 6 atom stereocenters. The van der Waals surface area contributed by atoms with Gasteiger partial charge < -0.3 is 0 Å². The molecule has 0 spiro atoms. The van der Waals surface area contributed by atoms with Gasteiger partial charge in [0, 0.05) is 0 Å². The van der Waals surface area contributed by atoms with Crippen LogP contribution in [0.15, 0.2) is 0 Å². The fourth-order valence-corrected chi connectivity index (χ4v) is 4.19. The number of hydrogen-bond acceptors (Lipinski definition) is 6. The third kappa shape index (κ3) is 2.69. The Morgan fingerprint density at radius 2 is 1.00 bits per heavy atom. The molecular weight excluding hydrogens is 271 g/mol. The molecule has 1 aliphatic rings. The molecule has 6 nitrogen and oxygen atoms in total. The quantitative estimate of drug-likeness (QED) is 0.296. The molecule has 0 aromatic heterocycles. The molecule has 6 unspecified atom stereocenters. The maximum absolute atomic E-state index is 9.57. The Kier molecular flexibility index (Phi) is 4.95. The van der Waals surface area contributed by atoms with E-state index in [9.17, 15) is 20.4 Å². The van der Waals surface area contributed by atoms with Crippen molar-refractivity contribution in [3.8, 4) is 0 Å². The summed E-state index contributed by atoms with van der Waals surface area (Å²) >= 11 is -0.444. The molecule has 1 heterocycles. The van der Waals surface area contributed by atoms with Crippen molar-refractivity contribution in [3.05, 3.63) is 0 Å². The summed E-state index contributed by atoms with van der Waals surface area (Å²) in [7, 11) is 0. The van der Waals surface area contributed by atoms with Crippen molar-refractivity contribution in [1.29, 1.82) is 0 Å². The molecule has 1 fully saturated rings. The molecule has 0 amide bonds. The van der Waals surface area contributed by atoms with Crippen LogP contribution in [0.2, 0.25) is 9.63 Å². The van der Waals surface area contributed by atoms with Crippen LogP contribution in [0.1, 0.15) is 0 Å². The van der Waals surface area contributed by atoms with Crippen LogP contribution < -0.4 is 0 Å². The molecule has 15 heavy (non-hydrogen) atoms. The van der Waals surface area contributed by atoms with Crippen molar-refractivity contribution in [2.24, 2.45) is 0 Å². The van der Waals surface area contributed by atoms with Crippen molar-refractivity contribution in [2.45, 2.75) is 34.0 Å². The first-order valence-corrected chi connectivity index (χ1v) is 6.60. The van der Waals surface area contributed by atoms with Gasteiger partial charge in [-0.2, -0.15) is 0 Å². The van der Waals surface area contributed by atoms with E-state index in [4.69, 9.17) is 10.2 Å². The normalized spacial score (nSPS) is 47.6. The van der Waals surface area contributed by atoms with Crippen LogP contribution in [0, 0.1) is 0 Å². The zero-order chi connectivity index (χ0) is 11.6. The Balaban J connectivity index is 2.85. The Morgan fingerprint density at radius 3 is 1.27 bits per heavy atom. The zero-order valence-corrected chi connectivity index (χ0v) is 9.68. The van der Waals surface area contributed by atoms with Gasteiger partial charge in [-0.15, -0.1) is 0 Å². The van der Waals surface area contributed by atoms with Gasteiger partial charge in [0.2, 0.25) is 0 Å². The molecule has 0 bridgehead atoms. The molecule has 6 N–H and O–H groups in total. The first-order valence-electron chi connectivity index (χ1n) is 4.62. The van der Waals surface area contributed by atoms with E-state index in [1.165, 1.54) is 0 Å². The van der Waals surface area contributed by atoms with E-state index >= 15 is 0 Å². The Hall–Kier alpha value is 0.279. The van der Waals surface area contributed by atoms with Crippen LogP contribution in [0.25, 0.3) is 0 Å². The van der Waals surface area contributed by atoms with E-state index in [0.717, 1.165) is 0 Å². The summed E-state index contributed by atoms with van der Waals surface area (Å²) in [6.07, 6.45) is -5.52. The summed E-state index contributed by atoms with van der Waals surface area (Å²) in [6, 6.07) is 0. The second-order valence-corrected chi connectivity index (χ2v) is 6.65. The van der Waals surface area contributed by atoms with Crippen LogP contribution in [-0.2, 0) is 0 Å². The number of aliphatic hydroxyl groups is 6. The summed E-state index contributed by atoms with van der Waals surface area (Å²) in [6.45, 7) is -0.678. The SMILES string of the molecule is OCC1[Se]C(CO)C(O)C(O)C(O)C1O. The molecule has 1 aliphatic heterocycles. The van der Waals surface area contributed by atoms with Crippen LogP contribution in [0.3, 0.4) is 0 Å².